The monoisotopic (exact) mass is 343 g/mol. The van der Waals surface area contributed by atoms with Crippen LogP contribution in [0.15, 0.2) is 35.4 Å². The smallest absolute Gasteiger partial charge is 0.263 e. The summed E-state index contributed by atoms with van der Waals surface area (Å²) in [5, 5.41) is 0.393. The fourth-order valence-electron chi connectivity index (χ4n) is 1.84. The second kappa shape index (κ2) is 5.44. The molecule has 1 saturated carbocycles. The van der Waals surface area contributed by atoms with Crippen LogP contribution in [0.3, 0.4) is 0 Å². The number of rotatable bonds is 4. The SMILES string of the molecule is O=S(=O)(Nc1ccnc(C2CC2)n1)c1cc(Cl)ccc1Cl. The fourth-order valence-corrected chi connectivity index (χ4v) is 3.61. The summed E-state index contributed by atoms with van der Waals surface area (Å²) in [4.78, 5) is 8.28. The fraction of sp³-hybridized carbons (Fsp3) is 0.231. The van der Waals surface area contributed by atoms with Crippen molar-refractivity contribution >= 4 is 39.0 Å². The maximum absolute atomic E-state index is 12.4. The van der Waals surface area contributed by atoms with Gasteiger partial charge in [0.1, 0.15) is 16.5 Å². The van der Waals surface area contributed by atoms with Gasteiger partial charge in [0.2, 0.25) is 0 Å². The van der Waals surface area contributed by atoms with Gasteiger partial charge < -0.3 is 0 Å². The minimum atomic E-state index is -3.85. The molecule has 0 aliphatic heterocycles. The van der Waals surface area contributed by atoms with E-state index in [0.29, 0.717) is 16.8 Å². The molecule has 1 aromatic heterocycles. The number of hydrogen-bond acceptors (Lipinski definition) is 4. The van der Waals surface area contributed by atoms with E-state index < -0.39 is 10.0 Å². The van der Waals surface area contributed by atoms with Gasteiger partial charge in [-0.25, -0.2) is 18.4 Å². The first-order valence-corrected chi connectivity index (χ1v) is 8.50. The van der Waals surface area contributed by atoms with Crippen molar-refractivity contribution in [3.8, 4) is 0 Å². The molecule has 0 bridgehead atoms. The summed E-state index contributed by atoms with van der Waals surface area (Å²) in [6.45, 7) is 0. The average Bonchev–Trinajstić information content (AvgIpc) is 3.25. The van der Waals surface area contributed by atoms with Crippen molar-refractivity contribution in [1.29, 1.82) is 0 Å². The van der Waals surface area contributed by atoms with Gasteiger partial charge in [-0.2, -0.15) is 0 Å². The van der Waals surface area contributed by atoms with Crippen LogP contribution in [0.1, 0.15) is 24.6 Å². The number of nitrogens with zero attached hydrogens (tertiary/aromatic N) is 2. The van der Waals surface area contributed by atoms with E-state index in [4.69, 9.17) is 23.2 Å². The summed E-state index contributed by atoms with van der Waals surface area (Å²) in [5.74, 6) is 1.22. The van der Waals surface area contributed by atoms with Crippen LogP contribution < -0.4 is 4.72 Å². The van der Waals surface area contributed by atoms with E-state index in [0.717, 1.165) is 12.8 Å². The Hall–Kier alpha value is -1.37. The zero-order valence-electron chi connectivity index (χ0n) is 10.8. The van der Waals surface area contributed by atoms with E-state index in [9.17, 15) is 8.42 Å². The van der Waals surface area contributed by atoms with Crippen molar-refractivity contribution < 1.29 is 8.42 Å². The molecule has 3 rings (SSSR count). The lowest BCUT2D eigenvalue weighted by Crippen LogP contribution is -2.15. The number of sulfonamides is 1. The molecule has 110 valence electrons. The van der Waals surface area contributed by atoms with Crippen LogP contribution in [-0.4, -0.2) is 18.4 Å². The highest BCUT2D eigenvalue weighted by molar-refractivity contribution is 7.92. The standard InChI is InChI=1S/C13H11Cl2N3O2S/c14-9-3-4-10(15)11(7-9)21(19,20)18-12-5-6-16-13(17-12)8-1-2-8/h3-8H,1-2H2,(H,16,17,18). The van der Waals surface area contributed by atoms with Crippen LogP contribution in [0.4, 0.5) is 5.82 Å². The number of benzene rings is 1. The molecule has 1 aromatic carbocycles. The molecule has 0 spiro atoms. The minimum absolute atomic E-state index is 0.0803. The van der Waals surface area contributed by atoms with Gasteiger partial charge in [-0.05, 0) is 37.1 Å². The van der Waals surface area contributed by atoms with Gasteiger partial charge in [-0.15, -0.1) is 0 Å². The number of halogens is 2. The third-order valence-corrected chi connectivity index (χ3v) is 5.11. The Morgan fingerprint density at radius 2 is 1.95 bits per heavy atom. The van der Waals surface area contributed by atoms with Crippen molar-refractivity contribution in [2.75, 3.05) is 4.72 Å². The number of nitrogens with one attached hydrogen (secondary N) is 1. The second-order valence-corrected chi connectivity index (χ2v) is 7.25. The Balaban J connectivity index is 1.92. The van der Waals surface area contributed by atoms with Crippen molar-refractivity contribution in [2.45, 2.75) is 23.7 Å². The largest absolute Gasteiger partial charge is 0.264 e. The molecule has 0 radical (unpaired) electrons. The van der Waals surface area contributed by atoms with E-state index >= 15 is 0 Å². The molecule has 1 aliphatic carbocycles. The lowest BCUT2D eigenvalue weighted by molar-refractivity contribution is 0.601. The molecule has 0 amide bonds. The predicted molar refractivity (Wildman–Crippen MR) is 81.3 cm³/mol. The van der Waals surface area contributed by atoms with Crippen LogP contribution in [-0.2, 0) is 10.0 Å². The van der Waals surface area contributed by atoms with Crippen LogP contribution in [0, 0.1) is 0 Å². The van der Waals surface area contributed by atoms with E-state index in [2.05, 4.69) is 14.7 Å². The quantitative estimate of drug-likeness (QED) is 0.922. The first kappa shape index (κ1) is 14.6. The third kappa shape index (κ3) is 3.28. The molecule has 0 saturated heterocycles. The Bertz CT molecular complexity index is 792. The molecule has 21 heavy (non-hydrogen) atoms. The number of anilines is 1. The van der Waals surface area contributed by atoms with Crippen molar-refractivity contribution in [2.24, 2.45) is 0 Å². The summed E-state index contributed by atoms with van der Waals surface area (Å²) < 4.78 is 27.1. The Morgan fingerprint density at radius 3 is 2.67 bits per heavy atom. The minimum Gasteiger partial charge on any atom is -0.263 e. The summed E-state index contributed by atoms with van der Waals surface area (Å²) in [7, 11) is -3.85. The van der Waals surface area contributed by atoms with E-state index in [1.54, 1.807) is 0 Å². The zero-order valence-corrected chi connectivity index (χ0v) is 13.1. The van der Waals surface area contributed by atoms with Gasteiger partial charge in [0.05, 0.1) is 5.02 Å². The summed E-state index contributed by atoms with van der Waals surface area (Å²) in [6, 6.07) is 5.77. The van der Waals surface area contributed by atoms with Crippen molar-refractivity contribution in [3.05, 3.63) is 46.3 Å². The summed E-state index contributed by atoms with van der Waals surface area (Å²) in [6.07, 6.45) is 3.62. The molecule has 2 aromatic rings. The van der Waals surface area contributed by atoms with Crippen molar-refractivity contribution in [3.63, 3.8) is 0 Å². The molecule has 5 nitrogen and oxygen atoms in total. The Morgan fingerprint density at radius 1 is 1.19 bits per heavy atom. The lowest BCUT2D eigenvalue weighted by Gasteiger charge is -2.09. The average molecular weight is 344 g/mol. The molecule has 8 heteroatoms. The van der Waals surface area contributed by atoms with E-state index in [1.165, 1.54) is 30.5 Å². The van der Waals surface area contributed by atoms with Crippen LogP contribution in [0.2, 0.25) is 10.0 Å². The summed E-state index contributed by atoms with van der Waals surface area (Å²) >= 11 is 11.8. The first-order valence-electron chi connectivity index (χ1n) is 6.26. The van der Waals surface area contributed by atoms with E-state index in [-0.39, 0.29) is 15.7 Å². The van der Waals surface area contributed by atoms with Crippen LogP contribution in [0.5, 0.6) is 0 Å². The van der Waals surface area contributed by atoms with Crippen LogP contribution in [0.25, 0.3) is 0 Å². The number of hydrogen-bond donors (Lipinski definition) is 1. The van der Waals surface area contributed by atoms with Crippen molar-refractivity contribution in [1.82, 2.24) is 9.97 Å². The highest BCUT2D eigenvalue weighted by atomic mass is 35.5. The Kier molecular flexibility index (Phi) is 3.77. The normalized spacial score (nSPS) is 15.0. The lowest BCUT2D eigenvalue weighted by atomic mass is 10.4. The first-order chi connectivity index (χ1) is 9.95. The van der Waals surface area contributed by atoms with Gasteiger partial charge >= 0.3 is 0 Å². The summed E-state index contributed by atoms with van der Waals surface area (Å²) in [5.41, 5.74) is 0. The third-order valence-electron chi connectivity index (χ3n) is 3.04. The molecule has 1 fully saturated rings. The van der Waals surface area contributed by atoms with Gasteiger partial charge in [-0.3, -0.25) is 4.72 Å². The van der Waals surface area contributed by atoms with Gasteiger partial charge in [0, 0.05) is 17.1 Å². The highest BCUT2D eigenvalue weighted by Crippen LogP contribution is 2.38. The van der Waals surface area contributed by atoms with Gasteiger partial charge in [0.25, 0.3) is 10.0 Å². The molecular weight excluding hydrogens is 333 g/mol. The van der Waals surface area contributed by atoms with Gasteiger partial charge in [-0.1, -0.05) is 23.2 Å². The number of aromatic nitrogens is 2. The molecule has 0 unspecified atom stereocenters. The van der Waals surface area contributed by atoms with Gasteiger partial charge in [0.15, 0.2) is 0 Å². The molecular formula is C13H11Cl2N3O2S. The maximum atomic E-state index is 12.4. The second-order valence-electron chi connectivity index (χ2n) is 4.75. The Labute approximate surface area is 132 Å². The molecule has 1 N–H and O–H groups in total. The zero-order chi connectivity index (χ0) is 15.0. The maximum Gasteiger partial charge on any atom is 0.264 e. The predicted octanol–water partition coefficient (Wildman–Crippen LogP) is 3.46. The molecule has 1 heterocycles. The molecule has 1 aliphatic rings. The van der Waals surface area contributed by atoms with E-state index in [1.807, 2.05) is 0 Å². The van der Waals surface area contributed by atoms with Crippen LogP contribution >= 0.6 is 23.2 Å². The highest BCUT2D eigenvalue weighted by Gasteiger charge is 2.27. The topological polar surface area (TPSA) is 72.0 Å². The molecule has 0 atom stereocenters.